The number of carbonyl (C=O) groups excluding carboxylic acids is 1. The van der Waals surface area contributed by atoms with Crippen LogP contribution >= 0.6 is 0 Å². The Morgan fingerprint density at radius 1 is 1.17 bits per heavy atom. The number of aliphatic imine (C=N–C) groups is 1. The minimum atomic E-state index is -4.06. The van der Waals surface area contributed by atoms with Gasteiger partial charge in [-0.25, -0.2) is 31.3 Å². The Labute approximate surface area is 161 Å². The molecule has 1 aromatic carbocycles. The van der Waals surface area contributed by atoms with Gasteiger partial charge in [0.05, 0.1) is 12.0 Å². The molecule has 1 aliphatic rings. The molecule has 2 aromatic rings. The van der Waals surface area contributed by atoms with Crippen molar-refractivity contribution in [2.45, 2.75) is 37.1 Å². The van der Waals surface area contributed by atoms with Gasteiger partial charge in [0.1, 0.15) is 17.3 Å². The first-order valence-electron chi connectivity index (χ1n) is 8.50. The topological polar surface area (TPSA) is 68.3 Å². The number of aromatic nitrogens is 1. The van der Waals surface area contributed by atoms with Crippen molar-refractivity contribution in [1.29, 1.82) is 0 Å². The number of ketones is 1. The minimum absolute atomic E-state index is 0.00676. The summed E-state index contributed by atoms with van der Waals surface area (Å²) in [5.74, 6) is -7.12. The first-order chi connectivity index (χ1) is 13.6. The molecule has 0 aliphatic carbocycles. The molecule has 1 aliphatic heterocycles. The van der Waals surface area contributed by atoms with Gasteiger partial charge in [0.2, 0.25) is 5.54 Å². The highest BCUT2D eigenvalue weighted by Crippen LogP contribution is 2.51. The molecular formula is C19H15F6N3O. The van der Waals surface area contributed by atoms with Gasteiger partial charge in [-0.15, -0.1) is 0 Å². The number of Topliss-reactive ketones (excluding diaryl/α,β-unsaturated/α-hetero) is 1. The van der Waals surface area contributed by atoms with Gasteiger partial charge >= 0.3 is 0 Å². The second-order valence-electron chi connectivity index (χ2n) is 6.65. The summed E-state index contributed by atoms with van der Waals surface area (Å²) in [7, 11) is 0. The lowest BCUT2D eigenvalue weighted by atomic mass is 9.79. The zero-order valence-electron chi connectivity index (χ0n) is 14.8. The SMILES string of the molecule is NC1=N[C@@](c2cc(CC(=O)c3ccc(F)cn3)ccc2F)(C(F)F)C(F)(F)CC1. The van der Waals surface area contributed by atoms with E-state index in [0.717, 1.165) is 36.5 Å². The normalized spacial score (nSPS) is 21.1. The Morgan fingerprint density at radius 2 is 1.90 bits per heavy atom. The standard InChI is InChI=1S/C19H15F6N3O/c20-11-2-4-14(27-9-11)15(29)8-10-1-3-13(21)12(7-10)19(17(22)23)18(24,25)6-5-16(26)28-19/h1-4,7,9,17H,5-6,8H2,(H2,26,28)/t19-/m0/s1. The monoisotopic (exact) mass is 415 g/mol. The van der Waals surface area contributed by atoms with E-state index in [4.69, 9.17) is 5.73 Å². The van der Waals surface area contributed by atoms with Crippen LogP contribution in [-0.2, 0) is 12.0 Å². The Hall–Kier alpha value is -2.91. The van der Waals surface area contributed by atoms with Gasteiger partial charge in [-0.05, 0) is 29.8 Å². The van der Waals surface area contributed by atoms with Crippen LogP contribution in [0, 0.1) is 11.6 Å². The number of rotatable bonds is 5. The lowest BCUT2D eigenvalue weighted by Gasteiger charge is -2.40. The summed E-state index contributed by atoms with van der Waals surface area (Å²) in [4.78, 5) is 19.2. The van der Waals surface area contributed by atoms with Crippen LogP contribution in [0.1, 0.15) is 34.5 Å². The average Bonchev–Trinajstić information content (AvgIpc) is 2.65. The number of amidine groups is 1. The van der Waals surface area contributed by atoms with E-state index in [0.29, 0.717) is 0 Å². The van der Waals surface area contributed by atoms with Crippen molar-refractivity contribution in [1.82, 2.24) is 4.98 Å². The van der Waals surface area contributed by atoms with Crippen LogP contribution in [0.5, 0.6) is 0 Å². The van der Waals surface area contributed by atoms with Crippen molar-refractivity contribution < 1.29 is 31.1 Å². The number of benzene rings is 1. The lowest BCUT2D eigenvalue weighted by molar-refractivity contribution is -0.145. The molecule has 29 heavy (non-hydrogen) atoms. The summed E-state index contributed by atoms with van der Waals surface area (Å²) in [6.07, 6.45) is -4.81. The number of pyridine rings is 1. The van der Waals surface area contributed by atoms with Crippen LogP contribution in [-0.4, -0.2) is 29.0 Å². The summed E-state index contributed by atoms with van der Waals surface area (Å²) >= 11 is 0. The van der Waals surface area contributed by atoms with Crippen molar-refractivity contribution >= 4 is 11.6 Å². The van der Waals surface area contributed by atoms with Crippen molar-refractivity contribution in [2.75, 3.05) is 0 Å². The van der Waals surface area contributed by atoms with Crippen LogP contribution in [0.2, 0.25) is 0 Å². The lowest BCUT2D eigenvalue weighted by Crippen LogP contribution is -2.54. The molecule has 1 aromatic heterocycles. The number of hydrogen-bond donors (Lipinski definition) is 1. The van der Waals surface area contributed by atoms with Crippen molar-refractivity contribution in [3.05, 3.63) is 65.0 Å². The van der Waals surface area contributed by atoms with E-state index in [1.54, 1.807) is 0 Å². The van der Waals surface area contributed by atoms with Crippen LogP contribution in [0.15, 0.2) is 41.5 Å². The summed E-state index contributed by atoms with van der Waals surface area (Å²) < 4.78 is 84.3. The number of nitrogens with zero attached hydrogens (tertiary/aromatic N) is 2. The smallest absolute Gasteiger partial charge is 0.283 e. The van der Waals surface area contributed by atoms with Crippen molar-refractivity contribution in [2.24, 2.45) is 10.7 Å². The van der Waals surface area contributed by atoms with Gasteiger partial charge in [-0.2, -0.15) is 0 Å². The van der Waals surface area contributed by atoms with Crippen LogP contribution in [0.25, 0.3) is 0 Å². The molecule has 0 saturated heterocycles. The molecule has 0 fully saturated rings. The van der Waals surface area contributed by atoms with Crippen LogP contribution < -0.4 is 5.73 Å². The molecule has 0 amide bonds. The summed E-state index contributed by atoms with van der Waals surface area (Å²) in [5.41, 5.74) is 0.768. The van der Waals surface area contributed by atoms with Gasteiger partial charge in [-0.1, -0.05) is 6.07 Å². The van der Waals surface area contributed by atoms with E-state index in [2.05, 4.69) is 9.98 Å². The molecular weight excluding hydrogens is 400 g/mol. The largest absolute Gasteiger partial charge is 0.387 e. The van der Waals surface area contributed by atoms with Crippen LogP contribution in [0.4, 0.5) is 26.3 Å². The fourth-order valence-electron chi connectivity index (χ4n) is 3.21. The molecule has 0 spiro atoms. The van der Waals surface area contributed by atoms with E-state index in [1.165, 1.54) is 0 Å². The fraction of sp³-hybridized carbons (Fsp3) is 0.316. The maximum atomic E-state index is 14.6. The predicted octanol–water partition coefficient (Wildman–Crippen LogP) is 4.03. The highest BCUT2D eigenvalue weighted by atomic mass is 19.3. The van der Waals surface area contributed by atoms with E-state index in [-0.39, 0.29) is 11.3 Å². The zero-order chi connectivity index (χ0) is 21.4. The zero-order valence-corrected chi connectivity index (χ0v) is 14.8. The van der Waals surface area contributed by atoms with Gasteiger partial charge < -0.3 is 5.73 Å². The quantitative estimate of drug-likeness (QED) is 0.592. The molecule has 2 heterocycles. The first kappa shape index (κ1) is 20.8. The number of hydrogen-bond acceptors (Lipinski definition) is 4. The molecule has 0 unspecified atom stereocenters. The van der Waals surface area contributed by atoms with Gasteiger partial charge in [-0.3, -0.25) is 9.78 Å². The summed E-state index contributed by atoms with van der Waals surface area (Å²) in [6, 6.07) is 4.70. The molecule has 10 heteroatoms. The van der Waals surface area contributed by atoms with Gasteiger partial charge in [0.15, 0.2) is 5.78 Å². The third-order valence-electron chi connectivity index (χ3n) is 4.71. The predicted molar refractivity (Wildman–Crippen MR) is 92.1 cm³/mol. The van der Waals surface area contributed by atoms with E-state index < -0.39 is 66.0 Å². The van der Waals surface area contributed by atoms with E-state index >= 15 is 0 Å². The number of carbonyl (C=O) groups is 1. The highest BCUT2D eigenvalue weighted by molar-refractivity contribution is 5.95. The molecule has 4 nitrogen and oxygen atoms in total. The third-order valence-corrected chi connectivity index (χ3v) is 4.71. The molecule has 2 N–H and O–H groups in total. The summed E-state index contributed by atoms with van der Waals surface area (Å²) in [5, 5.41) is 0. The van der Waals surface area contributed by atoms with Crippen LogP contribution in [0.3, 0.4) is 0 Å². The Kier molecular flexibility index (Phi) is 5.38. The molecule has 1 atom stereocenters. The van der Waals surface area contributed by atoms with Crippen molar-refractivity contribution in [3.63, 3.8) is 0 Å². The van der Waals surface area contributed by atoms with Crippen molar-refractivity contribution in [3.8, 4) is 0 Å². The Morgan fingerprint density at radius 3 is 2.52 bits per heavy atom. The fourth-order valence-corrected chi connectivity index (χ4v) is 3.21. The number of alkyl halides is 4. The van der Waals surface area contributed by atoms with E-state index in [9.17, 15) is 31.1 Å². The molecule has 0 radical (unpaired) electrons. The van der Waals surface area contributed by atoms with Gasteiger partial charge in [0.25, 0.3) is 12.3 Å². The number of nitrogens with two attached hydrogens (primary N) is 1. The minimum Gasteiger partial charge on any atom is -0.387 e. The average molecular weight is 415 g/mol. The number of halogens is 6. The van der Waals surface area contributed by atoms with E-state index in [1.807, 2.05) is 0 Å². The second-order valence-corrected chi connectivity index (χ2v) is 6.65. The summed E-state index contributed by atoms with van der Waals surface area (Å²) in [6.45, 7) is 0. The molecule has 154 valence electrons. The maximum Gasteiger partial charge on any atom is 0.283 e. The Bertz CT molecular complexity index is 961. The first-order valence-corrected chi connectivity index (χ1v) is 8.50. The maximum absolute atomic E-state index is 14.6. The molecule has 3 rings (SSSR count). The Balaban J connectivity index is 2.05. The van der Waals surface area contributed by atoms with Gasteiger partial charge in [0, 0.05) is 24.8 Å². The highest BCUT2D eigenvalue weighted by Gasteiger charge is 2.63. The third kappa shape index (κ3) is 3.70. The molecule has 0 saturated carbocycles. The molecule has 0 bridgehead atoms. The second kappa shape index (κ2) is 7.49.